The summed E-state index contributed by atoms with van der Waals surface area (Å²) in [6, 6.07) is 13.7. The molecule has 2 aromatic carbocycles. The fraction of sp³-hybridized carbons (Fsp3) is 0.261. The summed E-state index contributed by atoms with van der Waals surface area (Å²) in [5, 5.41) is 3.57. The molecule has 1 unspecified atom stereocenters. The van der Waals surface area contributed by atoms with E-state index < -0.39 is 12.1 Å². The van der Waals surface area contributed by atoms with Crippen LogP contribution in [0, 0.1) is 19.7 Å². The van der Waals surface area contributed by atoms with Gasteiger partial charge in [0.1, 0.15) is 5.82 Å². The molecule has 5 nitrogen and oxygen atoms in total. The zero-order valence-electron chi connectivity index (χ0n) is 16.7. The lowest BCUT2D eigenvalue weighted by atomic mass is 10.1. The second kappa shape index (κ2) is 8.82. The maximum atomic E-state index is 12.9. The minimum Gasteiger partial charge on any atom is -0.449 e. The van der Waals surface area contributed by atoms with Crippen LogP contribution in [-0.4, -0.2) is 29.5 Å². The van der Waals surface area contributed by atoms with Gasteiger partial charge >= 0.3 is 5.97 Å². The topological polar surface area (TPSA) is 68.3 Å². The van der Waals surface area contributed by atoms with E-state index in [0.29, 0.717) is 24.2 Å². The van der Waals surface area contributed by atoms with Gasteiger partial charge in [-0.3, -0.25) is 9.78 Å². The molecule has 0 radical (unpaired) electrons. The van der Waals surface area contributed by atoms with Crippen LogP contribution in [0.15, 0.2) is 48.5 Å². The number of halogens is 1. The van der Waals surface area contributed by atoms with Crippen LogP contribution >= 0.6 is 0 Å². The van der Waals surface area contributed by atoms with Crippen molar-refractivity contribution in [3.8, 4) is 0 Å². The van der Waals surface area contributed by atoms with E-state index in [-0.39, 0.29) is 11.7 Å². The predicted octanol–water partition coefficient (Wildman–Crippen LogP) is 3.89. The third-order valence-electron chi connectivity index (χ3n) is 4.66. The molecule has 6 heteroatoms. The highest BCUT2D eigenvalue weighted by Crippen LogP contribution is 2.19. The van der Waals surface area contributed by atoms with E-state index in [4.69, 9.17) is 4.74 Å². The first-order valence-electron chi connectivity index (χ1n) is 9.44. The second-order valence-electron chi connectivity index (χ2n) is 7.03. The molecule has 0 spiro atoms. The van der Waals surface area contributed by atoms with Crippen LogP contribution in [0.3, 0.4) is 0 Å². The Kier molecular flexibility index (Phi) is 6.22. The Balaban J connectivity index is 1.59. The van der Waals surface area contributed by atoms with Gasteiger partial charge in [-0.1, -0.05) is 23.8 Å². The summed E-state index contributed by atoms with van der Waals surface area (Å²) < 4.78 is 18.3. The Morgan fingerprint density at radius 3 is 2.55 bits per heavy atom. The third-order valence-corrected chi connectivity index (χ3v) is 4.66. The van der Waals surface area contributed by atoms with Crippen molar-refractivity contribution in [2.75, 3.05) is 6.54 Å². The highest BCUT2D eigenvalue weighted by Gasteiger charge is 2.20. The standard InChI is InChI=1S/C23H23FN2O3/c1-14-4-9-21-18(12-14)13-20(15(2)26-21)23(28)29-16(3)22(27)25-11-10-17-5-7-19(24)8-6-17/h4-9,12-13,16H,10-11H2,1-3H3,(H,25,27). The van der Waals surface area contributed by atoms with Crippen LogP contribution in [0.5, 0.6) is 0 Å². The van der Waals surface area contributed by atoms with E-state index >= 15 is 0 Å². The number of hydrogen-bond donors (Lipinski definition) is 1. The maximum absolute atomic E-state index is 12.9. The molecule has 0 aliphatic rings. The van der Waals surface area contributed by atoms with E-state index in [9.17, 15) is 14.0 Å². The highest BCUT2D eigenvalue weighted by molar-refractivity contribution is 5.96. The van der Waals surface area contributed by atoms with Crippen molar-refractivity contribution in [1.29, 1.82) is 0 Å². The molecule has 3 rings (SSSR count). The van der Waals surface area contributed by atoms with Crippen molar-refractivity contribution in [3.05, 3.63) is 76.7 Å². The number of esters is 1. The molecule has 3 aromatic rings. The summed E-state index contributed by atoms with van der Waals surface area (Å²) in [4.78, 5) is 29.2. The smallest absolute Gasteiger partial charge is 0.340 e. The van der Waals surface area contributed by atoms with Crippen LogP contribution in [0.2, 0.25) is 0 Å². The SMILES string of the molecule is Cc1ccc2nc(C)c(C(=O)OC(C)C(=O)NCCc3ccc(F)cc3)cc2c1. The summed E-state index contributed by atoms with van der Waals surface area (Å²) in [6.07, 6.45) is -0.386. The number of carbonyl (C=O) groups is 2. The molecule has 0 aliphatic carbocycles. The number of nitrogens with zero attached hydrogens (tertiary/aromatic N) is 1. The number of fused-ring (bicyclic) bond motifs is 1. The fourth-order valence-electron chi connectivity index (χ4n) is 3.00. The maximum Gasteiger partial charge on any atom is 0.340 e. The molecule has 0 aliphatic heterocycles. The third kappa shape index (κ3) is 5.16. The molecule has 1 amide bonds. The van der Waals surface area contributed by atoms with E-state index in [1.54, 1.807) is 25.1 Å². The molecule has 150 valence electrons. The number of pyridine rings is 1. The average Bonchev–Trinajstić information content (AvgIpc) is 2.69. The number of carbonyl (C=O) groups excluding carboxylic acids is 2. The summed E-state index contributed by atoms with van der Waals surface area (Å²) in [6.45, 7) is 5.60. The lowest BCUT2D eigenvalue weighted by molar-refractivity contribution is -0.129. The molecular weight excluding hydrogens is 371 g/mol. The van der Waals surface area contributed by atoms with Crippen LogP contribution in [0.25, 0.3) is 10.9 Å². The van der Waals surface area contributed by atoms with Crippen LogP contribution in [0.4, 0.5) is 4.39 Å². The first kappa shape index (κ1) is 20.5. The van der Waals surface area contributed by atoms with E-state index in [2.05, 4.69) is 10.3 Å². The molecule has 0 saturated carbocycles. The van der Waals surface area contributed by atoms with E-state index in [1.165, 1.54) is 19.1 Å². The van der Waals surface area contributed by atoms with Gasteiger partial charge in [-0.2, -0.15) is 0 Å². The second-order valence-corrected chi connectivity index (χ2v) is 7.03. The van der Waals surface area contributed by atoms with Crippen LogP contribution in [0.1, 0.15) is 34.1 Å². The number of aromatic nitrogens is 1. The molecule has 1 N–H and O–H groups in total. The Bertz CT molecular complexity index is 1050. The van der Waals surface area contributed by atoms with Crippen molar-refractivity contribution in [2.45, 2.75) is 33.3 Å². The van der Waals surface area contributed by atoms with E-state index in [0.717, 1.165) is 22.0 Å². The minimum atomic E-state index is -0.941. The van der Waals surface area contributed by atoms with Gasteiger partial charge in [0.25, 0.3) is 5.91 Å². The summed E-state index contributed by atoms with van der Waals surface area (Å²) >= 11 is 0. The van der Waals surface area contributed by atoms with E-state index in [1.807, 2.05) is 25.1 Å². The van der Waals surface area contributed by atoms with Crippen molar-refractivity contribution in [2.24, 2.45) is 0 Å². The number of rotatable bonds is 6. The number of nitrogens with one attached hydrogen (secondary N) is 1. The van der Waals surface area contributed by atoms with Crippen LogP contribution in [-0.2, 0) is 16.0 Å². The van der Waals surface area contributed by atoms with Gasteiger partial charge in [0.05, 0.1) is 16.8 Å². The zero-order valence-corrected chi connectivity index (χ0v) is 16.7. The van der Waals surface area contributed by atoms with Gasteiger partial charge in [-0.05, 0) is 63.1 Å². The van der Waals surface area contributed by atoms with Crippen molar-refractivity contribution in [3.63, 3.8) is 0 Å². The molecule has 0 fully saturated rings. The Morgan fingerprint density at radius 1 is 1.10 bits per heavy atom. The molecule has 1 atom stereocenters. The monoisotopic (exact) mass is 394 g/mol. The molecular formula is C23H23FN2O3. The summed E-state index contributed by atoms with van der Waals surface area (Å²) in [5.74, 6) is -1.27. The van der Waals surface area contributed by atoms with Crippen molar-refractivity contribution >= 4 is 22.8 Å². The van der Waals surface area contributed by atoms with Gasteiger partial charge in [-0.25, -0.2) is 9.18 Å². The summed E-state index contributed by atoms with van der Waals surface area (Å²) in [5.41, 5.74) is 3.67. The predicted molar refractivity (Wildman–Crippen MR) is 109 cm³/mol. The molecule has 0 saturated heterocycles. The van der Waals surface area contributed by atoms with Gasteiger partial charge in [-0.15, -0.1) is 0 Å². The lowest BCUT2D eigenvalue weighted by Gasteiger charge is -2.15. The lowest BCUT2D eigenvalue weighted by Crippen LogP contribution is -2.37. The van der Waals surface area contributed by atoms with Gasteiger partial charge in [0, 0.05) is 11.9 Å². The zero-order chi connectivity index (χ0) is 21.0. The van der Waals surface area contributed by atoms with Crippen LogP contribution < -0.4 is 5.32 Å². The average molecular weight is 394 g/mol. The van der Waals surface area contributed by atoms with Crippen molar-refractivity contribution in [1.82, 2.24) is 10.3 Å². The Morgan fingerprint density at radius 2 is 1.83 bits per heavy atom. The molecule has 0 bridgehead atoms. The van der Waals surface area contributed by atoms with Crippen molar-refractivity contribution < 1.29 is 18.7 Å². The van der Waals surface area contributed by atoms with Gasteiger partial charge < -0.3 is 10.1 Å². The largest absolute Gasteiger partial charge is 0.449 e. The highest BCUT2D eigenvalue weighted by atomic mass is 19.1. The number of aryl methyl sites for hydroxylation is 2. The molecule has 1 heterocycles. The minimum absolute atomic E-state index is 0.299. The molecule has 29 heavy (non-hydrogen) atoms. The quantitative estimate of drug-likeness (QED) is 0.644. The first-order valence-corrected chi connectivity index (χ1v) is 9.44. The number of ether oxygens (including phenoxy) is 1. The summed E-state index contributed by atoms with van der Waals surface area (Å²) in [7, 11) is 0. The fourth-order valence-corrected chi connectivity index (χ4v) is 3.00. The first-order chi connectivity index (χ1) is 13.8. The van der Waals surface area contributed by atoms with Gasteiger partial charge in [0.2, 0.25) is 0 Å². The Hall–Kier alpha value is -3.28. The van der Waals surface area contributed by atoms with Gasteiger partial charge in [0.15, 0.2) is 6.10 Å². The number of benzene rings is 2. The number of hydrogen-bond acceptors (Lipinski definition) is 4. The molecule has 1 aromatic heterocycles. The normalized spacial score (nSPS) is 11.9. The number of amides is 1. The Labute approximate surface area is 168 Å².